The monoisotopic (exact) mass is 614 g/mol. The van der Waals surface area contributed by atoms with Gasteiger partial charge in [0.1, 0.15) is 11.9 Å². The Morgan fingerprint density at radius 3 is 2.09 bits per heavy atom. The molecule has 0 aliphatic heterocycles. The Morgan fingerprint density at radius 1 is 0.977 bits per heavy atom. The van der Waals surface area contributed by atoms with Crippen LogP contribution < -0.4 is 15.1 Å². The molecular formula is C36H46N2O5Si. The molecular weight excluding hydrogens is 568 g/mol. The molecule has 3 aromatic rings. The predicted octanol–water partition coefficient (Wildman–Crippen LogP) is 6.02. The summed E-state index contributed by atoms with van der Waals surface area (Å²) in [6.07, 6.45) is 1.15. The highest BCUT2D eigenvalue weighted by molar-refractivity contribution is 6.99. The van der Waals surface area contributed by atoms with Gasteiger partial charge in [-0.05, 0) is 51.5 Å². The third kappa shape index (κ3) is 9.42. The highest BCUT2D eigenvalue weighted by atomic mass is 28.4. The van der Waals surface area contributed by atoms with Gasteiger partial charge in [-0.15, -0.1) is 0 Å². The normalized spacial score (nSPS) is 13.0. The SMILES string of the molecule is C=C(CO[C@H](CCCOCc1ccc(OC)cc1)C(=O)C=[N+]=[N-])[C@H](C)CO[Si](c1ccccc1)(c1ccccc1)C(C)(C)C. The van der Waals surface area contributed by atoms with Crippen molar-refractivity contribution in [3.63, 3.8) is 0 Å². The van der Waals surface area contributed by atoms with Crippen LogP contribution in [0.25, 0.3) is 5.53 Å². The van der Waals surface area contributed by atoms with Crippen molar-refractivity contribution in [1.82, 2.24) is 0 Å². The van der Waals surface area contributed by atoms with Gasteiger partial charge in [-0.25, -0.2) is 0 Å². The van der Waals surface area contributed by atoms with E-state index in [0.29, 0.717) is 32.7 Å². The zero-order chi connectivity index (χ0) is 32.0. The maximum absolute atomic E-state index is 12.6. The van der Waals surface area contributed by atoms with Gasteiger partial charge in [-0.1, -0.05) is 107 Å². The third-order valence-corrected chi connectivity index (χ3v) is 12.8. The summed E-state index contributed by atoms with van der Waals surface area (Å²) in [6.45, 7) is 14.7. The lowest BCUT2D eigenvalue weighted by Gasteiger charge is -2.43. The Morgan fingerprint density at radius 2 is 1.57 bits per heavy atom. The molecule has 0 fully saturated rings. The summed E-state index contributed by atoms with van der Waals surface area (Å²) in [5, 5.41) is 2.30. The predicted molar refractivity (Wildman–Crippen MR) is 178 cm³/mol. The molecule has 0 radical (unpaired) electrons. The average molecular weight is 615 g/mol. The Kier molecular flexibility index (Phi) is 13.5. The molecule has 3 rings (SSSR count). The lowest BCUT2D eigenvalue weighted by Crippen LogP contribution is -2.66. The fourth-order valence-electron chi connectivity index (χ4n) is 5.21. The second-order valence-electron chi connectivity index (χ2n) is 12.0. The molecule has 44 heavy (non-hydrogen) atoms. The first-order valence-electron chi connectivity index (χ1n) is 15.1. The van der Waals surface area contributed by atoms with Gasteiger partial charge in [0.05, 0.1) is 20.3 Å². The first-order chi connectivity index (χ1) is 21.1. The van der Waals surface area contributed by atoms with Crippen molar-refractivity contribution in [1.29, 1.82) is 0 Å². The van der Waals surface area contributed by atoms with Crippen LogP contribution in [0.5, 0.6) is 5.75 Å². The molecule has 0 saturated heterocycles. The van der Waals surface area contributed by atoms with Crippen molar-refractivity contribution >= 4 is 30.7 Å². The second kappa shape index (κ2) is 17.0. The number of ether oxygens (including phenoxy) is 3. The van der Waals surface area contributed by atoms with E-state index in [1.165, 1.54) is 10.4 Å². The van der Waals surface area contributed by atoms with Crippen LogP contribution in [0.3, 0.4) is 0 Å². The largest absolute Gasteiger partial charge is 0.497 e. The van der Waals surface area contributed by atoms with Gasteiger partial charge >= 0.3 is 6.21 Å². The number of carbonyl (C=O) groups excluding carboxylic acids is 1. The minimum Gasteiger partial charge on any atom is -0.497 e. The number of benzene rings is 3. The maximum atomic E-state index is 12.6. The van der Waals surface area contributed by atoms with Gasteiger partial charge in [0.2, 0.25) is 0 Å². The van der Waals surface area contributed by atoms with Crippen LogP contribution in [0.1, 0.15) is 46.1 Å². The zero-order valence-electron chi connectivity index (χ0n) is 26.7. The van der Waals surface area contributed by atoms with Gasteiger partial charge in [0, 0.05) is 19.1 Å². The first kappa shape index (κ1) is 34.8. The standard InChI is InChI=1S/C36H46N2O5Si/c1-28(25-42-35(34(39)24-38-37)18-13-23-41-27-30-19-21-31(40-6)22-20-30)29(2)26-43-44(36(3,4)5,32-14-9-7-10-15-32)33-16-11-8-12-17-33/h7-12,14-17,19-22,24,29,35H,1,13,18,23,25-27H2,2-6H3/t29-,35-/m1/s1. The van der Waals surface area contributed by atoms with E-state index in [4.69, 9.17) is 24.2 Å². The van der Waals surface area contributed by atoms with Crippen LogP contribution in [-0.2, 0) is 25.3 Å². The van der Waals surface area contributed by atoms with Crippen molar-refractivity contribution in [2.45, 2.75) is 58.3 Å². The van der Waals surface area contributed by atoms with Crippen molar-refractivity contribution < 1.29 is 28.2 Å². The lowest BCUT2D eigenvalue weighted by molar-refractivity contribution is -0.127. The van der Waals surface area contributed by atoms with Gasteiger partial charge < -0.3 is 24.2 Å². The van der Waals surface area contributed by atoms with E-state index >= 15 is 0 Å². The number of hydrogen-bond donors (Lipinski definition) is 0. The summed E-state index contributed by atoms with van der Waals surface area (Å²) < 4.78 is 24.1. The maximum Gasteiger partial charge on any atom is 0.325 e. The third-order valence-electron chi connectivity index (χ3n) is 7.82. The Hall–Kier alpha value is -3.65. The number of hydrogen-bond acceptors (Lipinski definition) is 5. The van der Waals surface area contributed by atoms with Crippen molar-refractivity contribution in [2.75, 3.05) is 26.9 Å². The molecule has 0 aliphatic carbocycles. The Bertz CT molecular complexity index is 1330. The molecule has 0 unspecified atom stereocenters. The van der Waals surface area contributed by atoms with Gasteiger partial charge in [0.25, 0.3) is 14.1 Å². The van der Waals surface area contributed by atoms with Crippen LogP contribution in [-0.4, -0.2) is 58.1 Å². The average Bonchev–Trinajstić information content (AvgIpc) is 3.03. The number of Topliss-reactive ketones (excluding diaryl/α,β-unsaturated/α-hetero) is 1. The van der Waals surface area contributed by atoms with E-state index in [1.807, 2.05) is 36.4 Å². The minimum absolute atomic E-state index is 0.0215. The summed E-state index contributed by atoms with van der Waals surface area (Å²) in [7, 11) is -1.06. The fourth-order valence-corrected chi connectivity index (χ4v) is 9.87. The van der Waals surface area contributed by atoms with Crippen LogP contribution in [0.4, 0.5) is 0 Å². The number of carbonyl (C=O) groups is 1. The second-order valence-corrected chi connectivity index (χ2v) is 16.3. The fraction of sp³-hybridized carbons (Fsp3) is 0.389. The molecule has 0 amide bonds. The van der Waals surface area contributed by atoms with Gasteiger partial charge in [-0.3, -0.25) is 4.79 Å². The molecule has 0 N–H and O–H groups in total. The molecule has 7 nitrogen and oxygen atoms in total. The lowest BCUT2D eigenvalue weighted by atomic mass is 10.0. The first-order valence-corrected chi connectivity index (χ1v) is 17.0. The molecule has 0 aliphatic rings. The Balaban J connectivity index is 1.60. The summed E-state index contributed by atoms with van der Waals surface area (Å²) in [4.78, 5) is 15.5. The molecule has 234 valence electrons. The van der Waals surface area contributed by atoms with Crippen LogP contribution in [0, 0.1) is 5.92 Å². The minimum atomic E-state index is -2.69. The topological polar surface area (TPSA) is 90.4 Å². The molecule has 8 heteroatoms. The summed E-state index contributed by atoms with van der Waals surface area (Å²) in [5.41, 5.74) is 10.8. The molecule has 0 saturated carbocycles. The van der Waals surface area contributed by atoms with E-state index in [9.17, 15) is 4.79 Å². The van der Waals surface area contributed by atoms with Crippen LogP contribution >= 0.6 is 0 Å². The van der Waals surface area contributed by atoms with E-state index in [0.717, 1.165) is 23.1 Å². The van der Waals surface area contributed by atoms with E-state index in [2.05, 4.69) is 87.6 Å². The Labute approximate surface area is 263 Å². The molecule has 0 spiro atoms. The number of rotatable bonds is 18. The summed E-state index contributed by atoms with van der Waals surface area (Å²) >= 11 is 0. The highest BCUT2D eigenvalue weighted by Gasteiger charge is 2.50. The smallest absolute Gasteiger partial charge is 0.325 e. The molecule has 2 atom stereocenters. The van der Waals surface area contributed by atoms with E-state index in [1.54, 1.807) is 7.11 Å². The van der Waals surface area contributed by atoms with E-state index in [-0.39, 0.29) is 17.6 Å². The van der Waals surface area contributed by atoms with Crippen LogP contribution in [0.2, 0.25) is 5.04 Å². The van der Waals surface area contributed by atoms with Crippen molar-refractivity contribution in [3.8, 4) is 5.75 Å². The summed E-state index contributed by atoms with van der Waals surface area (Å²) in [5.74, 6) is 0.377. The quantitative estimate of drug-likeness (QED) is 0.0437. The molecule has 0 heterocycles. The number of ketones is 1. The zero-order valence-corrected chi connectivity index (χ0v) is 27.7. The van der Waals surface area contributed by atoms with Crippen molar-refractivity contribution in [3.05, 3.63) is 108 Å². The number of methoxy groups -OCH3 is 1. The molecule has 3 aromatic carbocycles. The van der Waals surface area contributed by atoms with E-state index < -0.39 is 20.2 Å². The van der Waals surface area contributed by atoms with Gasteiger partial charge in [0.15, 0.2) is 0 Å². The molecule has 0 aromatic heterocycles. The van der Waals surface area contributed by atoms with Crippen LogP contribution in [0.15, 0.2) is 97.1 Å². The molecule has 0 bridgehead atoms. The highest BCUT2D eigenvalue weighted by Crippen LogP contribution is 2.37. The number of nitrogens with zero attached hydrogens (tertiary/aromatic N) is 2. The van der Waals surface area contributed by atoms with Gasteiger partial charge in [-0.2, -0.15) is 4.79 Å². The van der Waals surface area contributed by atoms with Crippen molar-refractivity contribution in [2.24, 2.45) is 5.92 Å². The summed E-state index contributed by atoms with van der Waals surface area (Å²) in [6, 6.07) is 28.7.